The van der Waals surface area contributed by atoms with E-state index in [0.717, 1.165) is 0 Å². The van der Waals surface area contributed by atoms with Gasteiger partial charge < -0.3 is 11.1 Å². The smallest absolute Gasteiger partial charge is 0.189 e. The van der Waals surface area contributed by atoms with Gasteiger partial charge in [0.15, 0.2) is 5.11 Å². The van der Waals surface area contributed by atoms with Crippen molar-refractivity contribution >= 4 is 28.7 Å². The lowest BCUT2D eigenvalue weighted by molar-refractivity contribution is 1.57. The summed E-state index contributed by atoms with van der Waals surface area (Å²) in [7, 11) is 0. The number of nitrogens with two attached hydrogens (primary N) is 1. The van der Waals surface area contributed by atoms with Crippen LogP contribution >= 0.6 is 12.2 Å². The van der Waals surface area contributed by atoms with Gasteiger partial charge in [-0.2, -0.15) is 0 Å². The molecule has 0 amide bonds. The molecule has 0 fully saturated rings. The average Bonchev–Trinajstić information content (AvgIpc) is 1.93. The summed E-state index contributed by atoms with van der Waals surface area (Å²) in [6, 6.07) is 7.18. The molecule has 0 atom stereocenters. The Labute approximate surface area is 70.4 Å². The van der Waals surface area contributed by atoms with Crippen molar-refractivity contribution in [1.82, 2.24) is 5.73 Å². The van der Waals surface area contributed by atoms with E-state index < -0.39 is 0 Å². The Bertz CT molecular complexity index is 272. The minimum atomic E-state index is -0.0251. The first kappa shape index (κ1) is 7.81. The third-order valence-electron chi connectivity index (χ3n) is 1.21. The third-order valence-corrected chi connectivity index (χ3v) is 1.31. The Morgan fingerprint density at radius 2 is 2.09 bits per heavy atom. The average molecular weight is 166 g/mol. The van der Waals surface area contributed by atoms with Crippen LogP contribution < -0.4 is 16.8 Å². The fourth-order valence-corrected chi connectivity index (χ4v) is 0.843. The molecule has 0 aromatic heterocycles. The highest BCUT2D eigenvalue weighted by molar-refractivity contribution is 7.80. The number of anilines is 2. The summed E-state index contributed by atoms with van der Waals surface area (Å²) in [5.41, 5.74) is 13.8. The van der Waals surface area contributed by atoms with Gasteiger partial charge in [0.2, 0.25) is 0 Å². The van der Waals surface area contributed by atoms with Crippen LogP contribution in [0.3, 0.4) is 0 Å². The quantitative estimate of drug-likeness (QED) is 0.487. The molecule has 1 aromatic rings. The lowest BCUT2D eigenvalue weighted by Gasteiger charge is -2.04. The zero-order valence-electron chi connectivity index (χ0n) is 5.79. The predicted molar refractivity (Wildman–Crippen MR) is 50.2 cm³/mol. The largest absolute Gasteiger partial charge is 0.397 e. The Balaban J connectivity index is 2.86. The molecule has 1 aromatic carbocycles. The molecule has 1 rings (SSSR count). The van der Waals surface area contributed by atoms with E-state index in [1.165, 1.54) is 0 Å². The van der Waals surface area contributed by atoms with Crippen molar-refractivity contribution in [2.24, 2.45) is 0 Å². The van der Waals surface area contributed by atoms with E-state index in [0.29, 0.717) is 11.4 Å². The molecule has 1 radical (unpaired) electrons. The highest BCUT2D eigenvalue weighted by Gasteiger charge is 1.95. The van der Waals surface area contributed by atoms with Crippen LogP contribution in [0, 0.1) is 0 Å². The zero-order chi connectivity index (χ0) is 8.27. The summed E-state index contributed by atoms with van der Waals surface area (Å²) in [6.07, 6.45) is 0. The molecule has 0 heterocycles. The lowest BCUT2D eigenvalue weighted by Crippen LogP contribution is -2.10. The highest BCUT2D eigenvalue weighted by Crippen LogP contribution is 2.15. The zero-order valence-corrected chi connectivity index (χ0v) is 6.61. The van der Waals surface area contributed by atoms with Crippen molar-refractivity contribution < 1.29 is 0 Å². The highest BCUT2D eigenvalue weighted by atomic mass is 32.1. The fraction of sp³-hybridized carbons (Fsp3) is 0. The van der Waals surface area contributed by atoms with E-state index in [1.807, 2.05) is 12.1 Å². The Hall–Kier alpha value is -1.29. The standard InChI is InChI=1S/C7H8N3S/c8-5-3-1-2-4-6(5)10-7(9)11/h1-4,9H,8H2,(H,10,11). The second-order valence-electron chi connectivity index (χ2n) is 2.04. The molecule has 0 unspecified atom stereocenters. The van der Waals surface area contributed by atoms with Gasteiger partial charge in [0.25, 0.3) is 0 Å². The predicted octanol–water partition coefficient (Wildman–Crippen LogP) is 1.25. The number of thiocarbonyl (C=S) groups is 1. The van der Waals surface area contributed by atoms with Crippen molar-refractivity contribution in [3.05, 3.63) is 24.3 Å². The van der Waals surface area contributed by atoms with Gasteiger partial charge in [-0.3, -0.25) is 5.73 Å². The molecule has 3 nitrogen and oxygen atoms in total. The van der Waals surface area contributed by atoms with Gasteiger partial charge >= 0.3 is 0 Å². The molecule has 0 saturated carbocycles. The molecule has 0 spiro atoms. The van der Waals surface area contributed by atoms with Gasteiger partial charge in [0.1, 0.15) is 0 Å². The molecule has 57 valence electrons. The molecule has 11 heavy (non-hydrogen) atoms. The van der Waals surface area contributed by atoms with Crippen molar-refractivity contribution in [3.63, 3.8) is 0 Å². The maximum atomic E-state index is 6.98. The summed E-state index contributed by atoms with van der Waals surface area (Å²) in [4.78, 5) is 0. The first-order chi connectivity index (χ1) is 5.20. The number of hydrogen-bond acceptors (Lipinski definition) is 2. The molecule has 4 heteroatoms. The summed E-state index contributed by atoms with van der Waals surface area (Å²) < 4.78 is 0. The monoisotopic (exact) mass is 166 g/mol. The Morgan fingerprint density at radius 1 is 1.45 bits per heavy atom. The fourth-order valence-electron chi connectivity index (χ4n) is 0.733. The van der Waals surface area contributed by atoms with E-state index in [-0.39, 0.29) is 5.11 Å². The van der Waals surface area contributed by atoms with Gasteiger partial charge in [0.05, 0.1) is 11.4 Å². The molecule has 4 N–H and O–H groups in total. The SMILES string of the molecule is [NH]C(=S)Nc1ccccc1N. The van der Waals surface area contributed by atoms with Gasteiger partial charge in [-0.15, -0.1) is 0 Å². The maximum Gasteiger partial charge on any atom is 0.189 e. The van der Waals surface area contributed by atoms with Gasteiger partial charge in [-0.1, -0.05) is 12.1 Å². The summed E-state index contributed by atoms with van der Waals surface area (Å²) >= 11 is 4.54. The molecule has 0 saturated heterocycles. The molecular weight excluding hydrogens is 158 g/mol. The molecule has 0 aliphatic rings. The molecule has 0 aliphatic carbocycles. The van der Waals surface area contributed by atoms with Crippen molar-refractivity contribution in [3.8, 4) is 0 Å². The normalized spacial score (nSPS) is 9.09. The van der Waals surface area contributed by atoms with Crippen LogP contribution in [0.1, 0.15) is 0 Å². The van der Waals surface area contributed by atoms with Crippen molar-refractivity contribution in [2.45, 2.75) is 0 Å². The number of benzene rings is 1. The Kier molecular flexibility index (Phi) is 2.28. The lowest BCUT2D eigenvalue weighted by atomic mass is 10.3. The minimum Gasteiger partial charge on any atom is -0.397 e. The van der Waals surface area contributed by atoms with Crippen LogP contribution in [0.5, 0.6) is 0 Å². The third kappa shape index (κ3) is 2.09. The number of rotatable bonds is 1. The first-order valence-electron chi connectivity index (χ1n) is 3.07. The van der Waals surface area contributed by atoms with Crippen molar-refractivity contribution in [2.75, 3.05) is 11.1 Å². The van der Waals surface area contributed by atoms with E-state index >= 15 is 0 Å². The molecule has 0 aliphatic heterocycles. The minimum absolute atomic E-state index is 0.0251. The van der Waals surface area contributed by atoms with Gasteiger partial charge in [-0.05, 0) is 24.4 Å². The second-order valence-corrected chi connectivity index (χ2v) is 2.45. The van der Waals surface area contributed by atoms with Crippen LogP contribution in [0.2, 0.25) is 0 Å². The van der Waals surface area contributed by atoms with Gasteiger partial charge in [-0.25, -0.2) is 0 Å². The van der Waals surface area contributed by atoms with E-state index in [1.54, 1.807) is 12.1 Å². The van der Waals surface area contributed by atoms with E-state index in [4.69, 9.17) is 11.5 Å². The number of nitrogens with one attached hydrogen (secondary N) is 2. The van der Waals surface area contributed by atoms with E-state index in [2.05, 4.69) is 17.5 Å². The summed E-state index contributed by atoms with van der Waals surface area (Å²) in [5, 5.41) is 2.62. The number of hydrogen-bond donors (Lipinski definition) is 2. The molecular formula is C7H8N3S. The number of para-hydroxylation sites is 2. The van der Waals surface area contributed by atoms with Crippen LogP contribution in [0.25, 0.3) is 0 Å². The topological polar surface area (TPSA) is 61.8 Å². The second kappa shape index (κ2) is 3.21. The number of nitrogen functional groups attached to an aromatic ring is 1. The summed E-state index contributed by atoms with van der Waals surface area (Å²) in [5.74, 6) is 0. The van der Waals surface area contributed by atoms with Crippen LogP contribution in [0.15, 0.2) is 24.3 Å². The van der Waals surface area contributed by atoms with Crippen molar-refractivity contribution in [1.29, 1.82) is 0 Å². The molecule has 0 bridgehead atoms. The van der Waals surface area contributed by atoms with Gasteiger partial charge in [0, 0.05) is 0 Å². The van der Waals surface area contributed by atoms with Crippen LogP contribution in [-0.2, 0) is 0 Å². The maximum absolute atomic E-state index is 6.98. The van der Waals surface area contributed by atoms with Crippen LogP contribution in [-0.4, -0.2) is 5.11 Å². The van der Waals surface area contributed by atoms with E-state index in [9.17, 15) is 0 Å². The Morgan fingerprint density at radius 3 is 2.64 bits per heavy atom. The summed E-state index contributed by atoms with van der Waals surface area (Å²) in [6.45, 7) is 0. The first-order valence-corrected chi connectivity index (χ1v) is 3.48. The van der Waals surface area contributed by atoms with Crippen LogP contribution in [0.4, 0.5) is 11.4 Å².